The van der Waals surface area contributed by atoms with Gasteiger partial charge in [0.1, 0.15) is 6.61 Å². The van der Waals surface area contributed by atoms with Gasteiger partial charge in [-0.1, -0.05) is 0 Å². The van der Waals surface area contributed by atoms with E-state index in [2.05, 4.69) is 10.6 Å². The summed E-state index contributed by atoms with van der Waals surface area (Å²) in [5, 5.41) is 6.08. The van der Waals surface area contributed by atoms with Gasteiger partial charge in [0.25, 0.3) is 5.91 Å². The molecule has 124 valence electrons. The second kappa shape index (κ2) is 7.08. The number of morpholine rings is 1. The number of carbonyl (C=O) groups is 2. The standard InChI is InChI=1S/C16H22N4O3/c17-9-14(18-11-1-2-11)16(22)19-12-3-5-13(6-4-12)20-7-8-23-10-15(20)21/h3-6,11,14,18H,1-2,7-10,17H2,(H,19,22)/t14-/m0/s1. The minimum Gasteiger partial charge on any atom is -0.370 e. The first-order valence-corrected chi connectivity index (χ1v) is 7.92. The summed E-state index contributed by atoms with van der Waals surface area (Å²) >= 11 is 0. The monoisotopic (exact) mass is 318 g/mol. The second-order valence-corrected chi connectivity index (χ2v) is 5.86. The number of benzene rings is 1. The van der Waals surface area contributed by atoms with E-state index in [0.717, 1.165) is 18.5 Å². The van der Waals surface area contributed by atoms with Crippen molar-refractivity contribution in [3.63, 3.8) is 0 Å². The van der Waals surface area contributed by atoms with Crippen molar-refractivity contribution in [3.8, 4) is 0 Å². The highest BCUT2D eigenvalue weighted by molar-refractivity contribution is 5.97. The van der Waals surface area contributed by atoms with Gasteiger partial charge >= 0.3 is 0 Å². The number of carbonyl (C=O) groups excluding carboxylic acids is 2. The number of nitrogens with one attached hydrogen (secondary N) is 2. The molecule has 1 aliphatic heterocycles. The molecule has 0 radical (unpaired) electrons. The minimum atomic E-state index is -0.372. The van der Waals surface area contributed by atoms with Gasteiger partial charge in [0.05, 0.1) is 12.6 Å². The number of nitrogens with zero attached hydrogens (tertiary/aromatic N) is 1. The van der Waals surface area contributed by atoms with Gasteiger partial charge in [-0.3, -0.25) is 9.59 Å². The van der Waals surface area contributed by atoms with Crippen LogP contribution in [0.1, 0.15) is 12.8 Å². The molecule has 1 aromatic rings. The SMILES string of the molecule is NC[C@H](NC1CC1)C(=O)Nc1ccc(N2CCOCC2=O)cc1. The number of anilines is 2. The first-order chi connectivity index (χ1) is 11.2. The van der Waals surface area contributed by atoms with E-state index in [0.29, 0.717) is 24.9 Å². The molecular formula is C16H22N4O3. The van der Waals surface area contributed by atoms with Crippen molar-refractivity contribution >= 4 is 23.2 Å². The van der Waals surface area contributed by atoms with Crippen LogP contribution in [0.3, 0.4) is 0 Å². The van der Waals surface area contributed by atoms with E-state index in [-0.39, 0.29) is 31.0 Å². The van der Waals surface area contributed by atoms with Crippen LogP contribution >= 0.6 is 0 Å². The highest BCUT2D eigenvalue weighted by Crippen LogP contribution is 2.21. The third kappa shape index (κ3) is 4.07. The van der Waals surface area contributed by atoms with E-state index >= 15 is 0 Å². The Balaban J connectivity index is 1.60. The van der Waals surface area contributed by atoms with Gasteiger partial charge < -0.3 is 26.0 Å². The van der Waals surface area contributed by atoms with Crippen molar-refractivity contribution in [3.05, 3.63) is 24.3 Å². The molecular weight excluding hydrogens is 296 g/mol. The lowest BCUT2D eigenvalue weighted by molar-refractivity contribution is -0.125. The van der Waals surface area contributed by atoms with Crippen molar-refractivity contribution in [2.45, 2.75) is 24.9 Å². The lowest BCUT2D eigenvalue weighted by Gasteiger charge is -2.27. The zero-order valence-corrected chi connectivity index (χ0v) is 13.0. The van der Waals surface area contributed by atoms with Gasteiger partial charge in [0.15, 0.2) is 0 Å². The van der Waals surface area contributed by atoms with E-state index < -0.39 is 0 Å². The van der Waals surface area contributed by atoms with E-state index in [1.165, 1.54) is 0 Å². The molecule has 2 aliphatic rings. The fraction of sp³-hybridized carbons (Fsp3) is 0.500. The van der Waals surface area contributed by atoms with Gasteiger partial charge in [-0.2, -0.15) is 0 Å². The molecule has 1 saturated heterocycles. The first kappa shape index (κ1) is 15.9. The van der Waals surface area contributed by atoms with Gasteiger partial charge in [-0.15, -0.1) is 0 Å². The van der Waals surface area contributed by atoms with Crippen LogP contribution in [0.4, 0.5) is 11.4 Å². The van der Waals surface area contributed by atoms with Gasteiger partial charge in [0, 0.05) is 30.5 Å². The van der Waals surface area contributed by atoms with Crippen molar-refractivity contribution in [1.82, 2.24) is 5.32 Å². The van der Waals surface area contributed by atoms with Crippen LogP contribution in [0, 0.1) is 0 Å². The van der Waals surface area contributed by atoms with Crippen molar-refractivity contribution in [2.75, 3.05) is 36.5 Å². The number of rotatable bonds is 6. The molecule has 7 nitrogen and oxygen atoms in total. The molecule has 1 saturated carbocycles. The maximum Gasteiger partial charge on any atom is 0.253 e. The summed E-state index contributed by atoms with van der Waals surface area (Å²) in [6.45, 7) is 1.46. The average Bonchev–Trinajstić information content (AvgIpc) is 3.38. The average molecular weight is 318 g/mol. The number of amides is 2. The molecule has 23 heavy (non-hydrogen) atoms. The first-order valence-electron chi connectivity index (χ1n) is 7.92. The Labute approximate surface area is 135 Å². The minimum absolute atomic E-state index is 0.0511. The molecule has 0 bridgehead atoms. The quantitative estimate of drug-likeness (QED) is 0.689. The van der Waals surface area contributed by atoms with Crippen molar-refractivity contribution < 1.29 is 14.3 Å². The summed E-state index contributed by atoms with van der Waals surface area (Å²) < 4.78 is 5.12. The van der Waals surface area contributed by atoms with E-state index in [1.54, 1.807) is 17.0 Å². The number of ether oxygens (including phenoxy) is 1. The van der Waals surface area contributed by atoms with Crippen molar-refractivity contribution in [2.24, 2.45) is 5.73 Å². The summed E-state index contributed by atoms with van der Waals surface area (Å²) in [5.74, 6) is -0.181. The Kier molecular flexibility index (Phi) is 4.90. The molecule has 1 heterocycles. The second-order valence-electron chi connectivity index (χ2n) is 5.86. The van der Waals surface area contributed by atoms with E-state index in [4.69, 9.17) is 10.5 Å². The number of nitrogens with two attached hydrogens (primary N) is 1. The Hall–Kier alpha value is -1.96. The summed E-state index contributed by atoms with van der Waals surface area (Å²) in [7, 11) is 0. The molecule has 0 aromatic heterocycles. The third-order valence-corrected chi connectivity index (χ3v) is 4.00. The van der Waals surface area contributed by atoms with Gasteiger partial charge in [-0.05, 0) is 37.1 Å². The molecule has 3 rings (SSSR count). The zero-order chi connectivity index (χ0) is 16.2. The zero-order valence-electron chi connectivity index (χ0n) is 13.0. The Morgan fingerprint density at radius 3 is 2.70 bits per heavy atom. The largest absolute Gasteiger partial charge is 0.370 e. The Morgan fingerprint density at radius 1 is 1.35 bits per heavy atom. The highest BCUT2D eigenvalue weighted by Gasteiger charge is 2.27. The van der Waals surface area contributed by atoms with Crippen LogP contribution in [-0.4, -0.2) is 50.2 Å². The lowest BCUT2D eigenvalue weighted by Crippen LogP contribution is -2.46. The Morgan fingerprint density at radius 2 is 2.09 bits per heavy atom. The smallest absolute Gasteiger partial charge is 0.253 e. The molecule has 4 N–H and O–H groups in total. The van der Waals surface area contributed by atoms with Gasteiger partial charge in [-0.25, -0.2) is 0 Å². The number of hydrogen-bond acceptors (Lipinski definition) is 5. The maximum absolute atomic E-state index is 12.2. The maximum atomic E-state index is 12.2. The molecule has 2 fully saturated rings. The molecule has 1 atom stereocenters. The fourth-order valence-electron chi connectivity index (χ4n) is 2.53. The lowest BCUT2D eigenvalue weighted by atomic mass is 10.2. The van der Waals surface area contributed by atoms with E-state index in [9.17, 15) is 9.59 Å². The molecule has 0 spiro atoms. The van der Waals surface area contributed by atoms with Crippen LogP contribution in [0.25, 0.3) is 0 Å². The van der Waals surface area contributed by atoms with Crippen molar-refractivity contribution in [1.29, 1.82) is 0 Å². The highest BCUT2D eigenvalue weighted by atomic mass is 16.5. The van der Waals surface area contributed by atoms with Crippen LogP contribution in [0.15, 0.2) is 24.3 Å². The van der Waals surface area contributed by atoms with Crippen LogP contribution in [0.2, 0.25) is 0 Å². The predicted octanol–water partition coefficient (Wildman–Crippen LogP) is 0.0676. The summed E-state index contributed by atoms with van der Waals surface area (Å²) in [4.78, 5) is 25.7. The van der Waals surface area contributed by atoms with E-state index in [1.807, 2.05) is 12.1 Å². The van der Waals surface area contributed by atoms with Gasteiger partial charge in [0.2, 0.25) is 5.91 Å². The third-order valence-electron chi connectivity index (χ3n) is 4.00. The Bertz CT molecular complexity index is 571. The summed E-state index contributed by atoms with van der Waals surface area (Å²) in [6.07, 6.45) is 2.21. The predicted molar refractivity (Wildman–Crippen MR) is 87.2 cm³/mol. The normalized spacial score (nSPS) is 19.5. The fourth-order valence-corrected chi connectivity index (χ4v) is 2.53. The molecule has 7 heteroatoms. The van der Waals surface area contributed by atoms with Crippen LogP contribution < -0.4 is 21.3 Å². The van der Waals surface area contributed by atoms with Crippen LogP contribution in [0.5, 0.6) is 0 Å². The topological polar surface area (TPSA) is 96.7 Å². The summed E-state index contributed by atoms with van der Waals surface area (Å²) in [6, 6.07) is 7.28. The summed E-state index contributed by atoms with van der Waals surface area (Å²) in [5.41, 5.74) is 7.16. The molecule has 2 amide bonds. The van der Waals surface area contributed by atoms with Crippen LogP contribution in [-0.2, 0) is 14.3 Å². The number of hydrogen-bond donors (Lipinski definition) is 3. The molecule has 1 aromatic carbocycles. The molecule has 1 aliphatic carbocycles. The molecule has 0 unspecified atom stereocenters.